The molecule has 2 heterocycles. The molecule has 3 rings (SSSR count). The maximum atomic E-state index is 12.5. The first-order valence-corrected chi connectivity index (χ1v) is 10.7. The molecule has 1 saturated heterocycles. The van der Waals surface area contributed by atoms with Gasteiger partial charge in [-0.15, -0.1) is 0 Å². The summed E-state index contributed by atoms with van der Waals surface area (Å²) in [4.78, 5) is 16.4. The van der Waals surface area contributed by atoms with Crippen molar-refractivity contribution in [3.8, 4) is 11.4 Å². The Morgan fingerprint density at radius 3 is 2.60 bits per heavy atom. The molecule has 1 fully saturated rings. The molecule has 2 aromatic rings. The lowest BCUT2D eigenvalue weighted by molar-refractivity contribution is 0.0685. The highest BCUT2D eigenvalue weighted by Gasteiger charge is 2.19. The number of carbonyl (C=O) groups excluding carboxylic acids is 1. The lowest BCUT2D eigenvalue weighted by Crippen LogP contribution is -2.35. The quantitative estimate of drug-likeness (QED) is 0.540. The van der Waals surface area contributed by atoms with Gasteiger partial charge in [0.1, 0.15) is 5.75 Å². The van der Waals surface area contributed by atoms with Gasteiger partial charge in [-0.3, -0.25) is 4.79 Å². The van der Waals surface area contributed by atoms with Gasteiger partial charge < -0.3 is 24.7 Å². The number of aliphatic hydroxyl groups is 2. The number of nitrogens with zero attached hydrogens (tertiary/aromatic N) is 4. The highest BCUT2D eigenvalue weighted by atomic mass is 16.5. The second-order valence-corrected chi connectivity index (χ2v) is 7.64. The van der Waals surface area contributed by atoms with E-state index in [1.165, 1.54) is 30.5 Å². The molecule has 0 radical (unpaired) electrons. The number of likely N-dealkylation sites (tertiary alicyclic amines) is 1. The second-order valence-electron chi connectivity index (χ2n) is 7.64. The van der Waals surface area contributed by atoms with Crippen LogP contribution in [0.2, 0.25) is 0 Å². The summed E-state index contributed by atoms with van der Waals surface area (Å²) in [6.07, 6.45) is 6.75. The monoisotopic (exact) mass is 416 g/mol. The Morgan fingerprint density at radius 2 is 1.97 bits per heavy atom. The zero-order valence-electron chi connectivity index (χ0n) is 17.6. The van der Waals surface area contributed by atoms with Gasteiger partial charge in [0.05, 0.1) is 37.3 Å². The van der Waals surface area contributed by atoms with Crippen LogP contribution in [0.15, 0.2) is 36.7 Å². The van der Waals surface area contributed by atoms with Crippen LogP contribution in [0, 0.1) is 0 Å². The molecule has 1 amide bonds. The standard InChI is InChI=1S/C22H32N4O4/c1-18-4-2-9-24(18)10-3-15-30-21-7-5-20(6-8-21)26-17-19(16-23-26)22(29)25(11-13-27)12-14-28/h5-8,16-18,27-28H,2-4,9-15H2,1H3/t18-/m1/s1. The fraction of sp³-hybridized carbons (Fsp3) is 0.545. The summed E-state index contributed by atoms with van der Waals surface area (Å²) in [5, 5.41) is 22.5. The Hall–Kier alpha value is -2.42. The van der Waals surface area contributed by atoms with E-state index in [0.717, 1.165) is 24.4 Å². The number of hydrogen-bond acceptors (Lipinski definition) is 6. The van der Waals surface area contributed by atoms with Crippen molar-refractivity contribution < 1.29 is 19.7 Å². The molecular weight excluding hydrogens is 384 g/mol. The van der Waals surface area contributed by atoms with Crippen LogP contribution in [0.1, 0.15) is 36.5 Å². The van der Waals surface area contributed by atoms with Crippen molar-refractivity contribution in [2.45, 2.75) is 32.2 Å². The van der Waals surface area contributed by atoms with Crippen LogP contribution >= 0.6 is 0 Å². The molecule has 1 aliphatic rings. The maximum absolute atomic E-state index is 12.5. The third-order valence-electron chi connectivity index (χ3n) is 5.51. The van der Waals surface area contributed by atoms with E-state index < -0.39 is 0 Å². The van der Waals surface area contributed by atoms with E-state index in [0.29, 0.717) is 18.2 Å². The molecule has 0 unspecified atom stereocenters. The van der Waals surface area contributed by atoms with Gasteiger partial charge in [-0.1, -0.05) is 0 Å². The number of ether oxygens (including phenoxy) is 1. The molecule has 2 N–H and O–H groups in total. The molecule has 8 heteroatoms. The van der Waals surface area contributed by atoms with Crippen LogP contribution < -0.4 is 4.74 Å². The van der Waals surface area contributed by atoms with Gasteiger partial charge in [0, 0.05) is 31.9 Å². The van der Waals surface area contributed by atoms with Gasteiger partial charge in [0.15, 0.2) is 0 Å². The molecule has 0 bridgehead atoms. The van der Waals surface area contributed by atoms with E-state index >= 15 is 0 Å². The van der Waals surface area contributed by atoms with Crippen LogP contribution in [0.4, 0.5) is 0 Å². The van der Waals surface area contributed by atoms with Crippen molar-refractivity contribution in [1.82, 2.24) is 19.6 Å². The Morgan fingerprint density at radius 1 is 1.23 bits per heavy atom. The first kappa shape index (κ1) is 22.3. The lowest BCUT2D eigenvalue weighted by atomic mass is 10.2. The van der Waals surface area contributed by atoms with Crippen LogP contribution in [-0.4, -0.2) is 87.7 Å². The van der Waals surface area contributed by atoms with Gasteiger partial charge in [0.25, 0.3) is 5.91 Å². The summed E-state index contributed by atoms with van der Waals surface area (Å²) in [5.74, 6) is 0.547. The third kappa shape index (κ3) is 5.81. The molecule has 30 heavy (non-hydrogen) atoms. The minimum absolute atomic E-state index is 0.154. The summed E-state index contributed by atoms with van der Waals surface area (Å²) in [6.45, 7) is 5.29. The number of aliphatic hydroxyl groups excluding tert-OH is 2. The van der Waals surface area contributed by atoms with Gasteiger partial charge in [-0.2, -0.15) is 5.10 Å². The van der Waals surface area contributed by atoms with E-state index in [-0.39, 0.29) is 32.2 Å². The van der Waals surface area contributed by atoms with E-state index in [9.17, 15) is 4.79 Å². The molecular formula is C22H32N4O4. The smallest absolute Gasteiger partial charge is 0.257 e. The Labute approximate surface area is 177 Å². The summed E-state index contributed by atoms with van der Waals surface area (Å²) >= 11 is 0. The van der Waals surface area contributed by atoms with Crippen molar-refractivity contribution in [3.05, 3.63) is 42.2 Å². The van der Waals surface area contributed by atoms with Crippen molar-refractivity contribution in [2.24, 2.45) is 0 Å². The SMILES string of the molecule is C[C@@H]1CCCN1CCCOc1ccc(-n2cc(C(=O)N(CCO)CCO)cn2)cc1. The van der Waals surface area contributed by atoms with Gasteiger partial charge >= 0.3 is 0 Å². The van der Waals surface area contributed by atoms with Gasteiger partial charge in [-0.05, 0) is 57.0 Å². The zero-order valence-corrected chi connectivity index (χ0v) is 17.6. The number of rotatable bonds is 11. The Balaban J connectivity index is 1.51. The largest absolute Gasteiger partial charge is 0.494 e. The van der Waals surface area contributed by atoms with Gasteiger partial charge in [0.2, 0.25) is 0 Å². The molecule has 0 saturated carbocycles. The van der Waals surface area contributed by atoms with Crippen molar-refractivity contribution in [3.63, 3.8) is 0 Å². The minimum Gasteiger partial charge on any atom is -0.494 e. The van der Waals surface area contributed by atoms with E-state index in [1.807, 2.05) is 24.3 Å². The summed E-state index contributed by atoms with van der Waals surface area (Å²) in [7, 11) is 0. The Bertz CT molecular complexity index is 787. The summed E-state index contributed by atoms with van der Waals surface area (Å²) in [5.41, 5.74) is 1.23. The fourth-order valence-electron chi connectivity index (χ4n) is 3.79. The first-order chi connectivity index (χ1) is 14.6. The number of benzene rings is 1. The molecule has 1 aromatic heterocycles. The van der Waals surface area contributed by atoms with Crippen LogP contribution in [0.5, 0.6) is 5.75 Å². The highest BCUT2D eigenvalue weighted by molar-refractivity contribution is 5.93. The number of aromatic nitrogens is 2. The molecule has 0 spiro atoms. The third-order valence-corrected chi connectivity index (χ3v) is 5.51. The van der Waals surface area contributed by atoms with Crippen LogP contribution in [-0.2, 0) is 0 Å². The second kappa shape index (κ2) is 11.1. The molecule has 0 aliphatic carbocycles. The average Bonchev–Trinajstić information content (AvgIpc) is 3.40. The molecule has 1 aliphatic heterocycles. The van der Waals surface area contributed by atoms with E-state index in [1.54, 1.807) is 10.9 Å². The zero-order chi connectivity index (χ0) is 21.3. The van der Waals surface area contributed by atoms with Crippen molar-refractivity contribution in [2.75, 3.05) is 46.0 Å². The van der Waals surface area contributed by atoms with Crippen molar-refractivity contribution in [1.29, 1.82) is 0 Å². The van der Waals surface area contributed by atoms with E-state index in [2.05, 4.69) is 16.9 Å². The Kier molecular flexibility index (Phi) is 8.24. The normalized spacial score (nSPS) is 16.7. The topological polar surface area (TPSA) is 91.1 Å². The molecule has 164 valence electrons. The molecule has 1 aromatic carbocycles. The minimum atomic E-state index is -0.267. The number of carbonyl (C=O) groups is 1. The summed E-state index contributed by atoms with van der Waals surface area (Å²) < 4.78 is 7.48. The highest BCUT2D eigenvalue weighted by Crippen LogP contribution is 2.18. The summed E-state index contributed by atoms with van der Waals surface area (Å²) in [6, 6.07) is 8.30. The van der Waals surface area contributed by atoms with Crippen LogP contribution in [0.3, 0.4) is 0 Å². The maximum Gasteiger partial charge on any atom is 0.257 e. The molecule has 1 atom stereocenters. The number of amides is 1. The number of hydrogen-bond donors (Lipinski definition) is 2. The molecule has 8 nitrogen and oxygen atoms in total. The average molecular weight is 417 g/mol. The first-order valence-electron chi connectivity index (χ1n) is 10.7. The van der Waals surface area contributed by atoms with E-state index in [4.69, 9.17) is 14.9 Å². The predicted octanol–water partition coefficient (Wildman–Crippen LogP) is 1.55. The fourth-order valence-corrected chi connectivity index (χ4v) is 3.79. The van der Waals surface area contributed by atoms with Crippen molar-refractivity contribution >= 4 is 5.91 Å². The lowest BCUT2D eigenvalue weighted by Gasteiger charge is -2.20. The predicted molar refractivity (Wildman–Crippen MR) is 114 cm³/mol. The van der Waals surface area contributed by atoms with Gasteiger partial charge in [-0.25, -0.2) is 4.68 Å². The van der Waals surface area contributed by atoms with Crippen LogP contribution in [0.25, 0.3) is 5.69 Å².